The van der Waals surface area contributed by atoms with E-state index in [-0.39, 0.29) is 18.2 Å². The highest BCUT2D eigenvalue weighted by molar-refractivity contribution is 7.13. The smallest absolute Gasteiger partial charge is 0.309 e. The number of rotatable bonds is 4. The van der Waals surface area contributed by atoms with Crippen molar-refractivity contribution in [3.05, 3.63) is 39.7 Å². The fourth-order valence-electron chi connectivity index (χ4n) is 4.28. The van der Waals surface area contributed by atoms with Crippen molar-refractivity contribution < 1.29 is 14.3 Å². The second-order valence-electron chi connectivity index (χ2n) is 7.96. The molecule has 7 nitrogen and oxygen atoms in total. The van der Waals surface area contributed by atoms with Crippen LogP contribution in [0.1, 0.15) is 36.9 Å². The Labute approximate surface area is 169 Å². The Kier molecular flexibility index (Phi) is 4.32. The van der Waals surface area contributed by atoms with Crippen LogP contribution < -0.4 is 15.8 Å². The molecule has 1 aliphatic heterocycles. The highest BCUT2D eigenvalue weighted by Crippen LogP contribution is 2.46. The first-order valence-corrected chi connectivity index (χ1v) is 10.6. The van der Waals surface area contributed by atoms with Crippen molar-refractivity contribution in [2.45, 2.75) is 38.1 Å². The first-order valence-electron chi connectivity index (χ1n) is 9.80. The van der Waals surface area contributed by atoms with Gasteiger partial charge >= 0.3 is 5.97 Å². The predicted molar refractivity (Wildman–Crippen MR) is 110 cm³/mol. The van der Waals surface area contributed by atoms with Crippen molar-refractivity contribution in [2.24, 2.45) is 0 Å². The number of nitrogens with zero attached hydrogens (tertiary/aromatic N) is 3. The number of aliphatic carboxylic acids is 1. The second kappa shape index (κ2) is 6.77. The van der Waals surface area contributed by atoms with Crippen LogP contribution in [0.5, 0.6) is 0 Å². The quantitative estimate of drug-likeness (QED) is 0.679. The van der Waals surface area contributed by atoms with Gasteiger partial charge in [0.2, 0.25) is 0 Å². The van der Waals surface area contributed by atoms with Crippen molar-refractivity contribution >= 4 is 38.8 Å². The Morgan fingerprint density at radius 3 is 2.93 bits per heavy atom. The average molecular weight is 416 g/mol. The van der Waals surface area contributed by atoms with Crippen LogP contribution in [0.15, 0.2) is 17.1 Å². The van der Waals surface area contributed by atoms with Crippen LogP contribution in [0.2, 0.25) is 0 Å². The molecule has 2 aliphatic rings. The molecule has 0 radical (unpaired) electrons. The Bertz CT molecular complexity index is 1200. The predicted octanol–water partition coefficient (Wildman–Crippen LogP) is 2.35. The number of nitrogens with one attached hydrogen (secondary N) is 1. The molecule has 152 valence electrons. The van der Waals surface area contributed by atoms with Gasteiger partial charge in [-0.05, 0) is 48.8 Å². The molecule has 1 unspecified atom stereocenters. The van der Waals surface area contributed by atoms with E-state index in [0.717, 1.165) is 29.6 Å². The number of carboxylic acid groups (broad SMARTS) is 1. The molecule has 29 heavy (non-hydrogen) atoms. The molecule has 4 heterocycles. The third kappa shape index (κ3) is 3.08. The molecule has 9 heteroatoms. The molecule has 2 N–H and O–H groups in total. The monoisotopic (exact) mass is 416 g/mol. The van der Waals surface area contributed by atoms with E-state index >= 15 is 4.39 Å². The van der Waals surface area contributed by atoms with E-state index in [1.165, 1.54) is 22.1 Å². The molecule has 0 spiro atoms. The third-order valence-corrected chi connectivity index (χ3v) is 6.67. The number of carbonyl (C=O) groups is 1. The lowest BCUT2D eigenvalue weighted by molar-refractivity contribution is -0.136. The fraction of sp³-hybridized carbons (Fsp3) is 0.450. The maximum absolute atomic E-state index is 15.1. The lowest BCUT2D eigenvalue weighted by Crippen LogP contribution is -2.49. The fourth-order valence-corrected chi connectivity index (χ4v) is 5.30. The summed E-state index contributed by atoms with van der Waals surface area (Å²) >= 11 is 1.18. The first-order chi connectivity index (χ1) is 13.9. The average Bonchev–Trinajstić information content (AvgIpc) is 3.42. The number of hydrogen-bond donors (Lipinski definition) is 2. The highest BCUT2D eigenvalue weighted by atomic mass is 32.1. The summed E-state index contributed by atoms with van der Waals surface area (Å²) in [4.78, 5) is 26.4. The number of fused-ring (bicyclic) bond motifs is 2. The van der Waals surface area contributed by atoms with E-state index in [2.05, 4.69) is 16.6 Å². The minimum absolute atomic E-state index is 0.257. The van der Waals surface area contributed by atoms with Crippen molar-refractivity contribution in [1.82, 2.24) is 14.1 Å². The summed E-state index contributed by atoms with van der Waals surface area (Å²) in [6.45, 7) is 4.24. The second-order valence-corrected chi connectivity index (χ2v) is 8.73. The summed E-state index contributed by atoms with van der Waals surface area (Å²) in [5.41, 5.74) is 2.08. The van der Waals surface area contributed by atoms with Crippen LogP contribution in [0.4, 0.5) is 10.1 Å². The van der Waals surface area contributed by atoms with Gasteiger partial charge in [-0.2, -0.15) is 4.37 Å². The third-order valence-electron chi connectivity index (χ3n) is 5.75. The van der Waals surface area contributed by atoms with Crippen LogP contribution in [-0.2, 0) is 11.2 Å². The molecule has 3 aromatic rings. The number of pyridine rings is 2. The molecule has 3 aromatic heterocycles. The summed E-state index contributed by atoms with van der Waals surface area (Å²) in [6.07, 6.45) is 2.96. The van der Waals surface area contributed by atoms with Crippen LogP contribution >= 0.6 is 11.5 Å². The van der Waals surface area contributed by atoms with E-state index < -0.39 is 17.3 Å². The van der Waals surface area contributed by atoms with Gasteiger partial charge in [0.1, 0.15) is 0 Å². The van der Waals surface area contributed by atoms with Crippen molar-refractivity contribution in [3.8, 4) is 0 Å². The number of aromatic nitrogens is 2. The summed E-state index contributed by atoms with van der Waals surface area (Å²) in [7, 11) is 0. The number of piperazine rings is 1. The number of carboxylic acids is 1. The normalized spacial score (nSPS) is 19.9. The number of anilines is 1. The zero-order valence-corrected chi connectivity index (χ0v) is 16.8. The van der Waals surface area contributed by atoms with E-state index in [1.54, 1.807) is 6.07 Å². The zero-order valence-electron chi connectivity index (χ0n) is 15.9. The minimum Gasteiger partial charge on any atom is -0.481 e. The van der Waals surface area contributed by atoms with Crippen LogP contribution in [0, 0.1) is 5.82 Å². The van der Waals surface area contributed by atoms with E-state index in [4.69, 9.17) is 0 Å². The lowest BCUT2D eigenvalue weighted by Gasteiger charge is -2.34. The molecule has 0 bridgehead atoms. The minimum atomic E-state index is -1.04. The largest absolute Gasteiger partial charge is 0.481 e. The SMILES string of the molecule is CC1CN(c2cc3c(C4CC4)c4snc(CC(=O)O)c4c(=O)n3cc2F)CCN1. The summed E-state index contributed by atoms with van der Waals surface area (Å²) < 4.78 is 21.4. The van der Waals surface area contributed by atoms with Crippen molar-refractivity contribution in [3.63, 3.8) is 0 Å². The molecule has 1 saturated carbocycles. The highest BCUT2D eigenvalue weighted by Gasteiger charge is 2.32. The first kappa shape index (κ1) is 18.5. The van der Waals surface area contributed by atoms with Crippen LogP contribution in [0.25, 0.3) is 15.6 Å². The van der Waals surface area contributed by atoms with Crippen molar-refractivity contribution in [2.75, 3.05) is 24.5 Å². The molecule has 2 fully saturated rings. The number of hydrogen-bond acceptors (Lipinski definition) is 6. The molecule has 0 aromatic carbocycles. The molecule has 5 rings (SSSR count). The van der Waals surface area contributed by atoms with Gasteiger partial charge in [-0.15, -0.1) is 0 Å². The lowest BCUT2D eigenvalue weighted by atomic mass is 10.0. The van der Waals surface area contributed by atoms with Gasteiger partial charge < -0.3 is 15.3 Å². The summed E-state index contributed by atoms with van der Waals surface area (Å²) in [6, 6.07) is 2.05. The van der Waals surface area contributed by atoms with Gasteiger partial charge in [-0.3, -0.25) is 14.0 Å². The Hall–Kier alpha value is -2.52. The molecular weight excluding hydrogens is 395 g/mol. The standard InChI is InChI=1S/C20H21FN4O3S/c1-10-8-24(5-4-22-10)14-7-15-17(11-2-3-11)19-18(13(23-29-19)6-16(26)27)20(28)25(15)9-12(14)21/h7,9-11,22H,2-6,8H2,1H3,(H,26,27). The number of halogens is 1. The Balaban J connectivity index is 1.77. The van der Waals surface area contributed by atoms with Gasteiger partial charge in [0.05, 0.1) is 39.6 Å². The van der Waals surface area contributed by atoms with Gasteiger partial charge in [0.15, 0.2) is 5.82 Å². The van der Waals surface area contributed by atoms with Crippen molar-refractivity contribution in [1.29, 1.82) is 0 Å². The maximum Gasteiger partial charge on any atom is 0.309 e. The van der Waals surface area contributed by atoms with E-state index in [0.29, 0.717) is 35.6 Å². The van der Waals surface area contributed by atoms with Crippen LogP contribution in [-0.4, -0.2) is 45.5 Å². The topological polar surface area (TPSA) is 86.9 Å². The molecule has 0 amide bonds. The Morgan fingerprint density at radius 2 is 2.24 bits per heavy atom. The Morgan fingerprint density at radius 1 is 1.45 bits per heavy atom. The van der Waals surface area contributed by atoms with Gasteiger partial charge in [0.25, 0.3) is 5.56 Å². The molecule has 1 atom stereocenters. The maximum atomic E-state index is 15.1. The van der Waals surface area contributed by atoms with Gasteiger partial charge in [-0.25, -0.2) is 4.39 Å². The molecule has 1 saturated heterocycles. The van der Waals surface area contributed by atoms with E-state index in [1.807, 2.05) is 4.90 Å². The van der Waals surface area contributed by atoms with Gasteiger partial charge in [-0.1, -0.05) is 0 Å². The molecular formula is C20H21FN4O3S. The summed E-state index contributed by atoms with van der Waals surface area (Å²) in [5.74, 6) is -1.19. The summed E-state index contributed by atoms with van der Waals surface area (Å²) in [5, 5.41) is 12.8. The zero-order chi connectivity index (χ0) is 20.3. The van der Waals surface area contributed by atoms with Crippen LogP contribution in [0.3, 0.4) is 0 Å². The van der Waals surface area contributed by atoms with Gasteiger partial charge in [0, 0.05) is 25.7 Å². The molecule has 1 aliphatic carbocycles. The van der Waals surface area contributed by atoms with E-state index in [9.17, 15) is 14.7 Å².